The van der Waals surface area contributed by atoms with E-state index < -0.39 is 10.4 Å². The van der Waals surface area contributed by atoms with E-state index in [4.69, 9.17) is 9.66 Å². The monoisotopic (exact) mass is 218 g/mol. The summed E-state index contributed by atoms with van der Waals surface area (Å²) >= 11 is 0. The highest BCUT2D eigenvalue weighted by Crippen LogP contribution is 2.13. The molecule has 0 aliphatic rings. The molecule has 14 heavy (non-hydrogen) atoms. The molecule has 0 aliphatic carbocycles. The van der Waals surface area contributed by atoms with E-state index in [-0.39, 0.29) is 12.4 Å². The van der Waals surface area contributed by atoms with Crippen LogP contribution in [0.25, 0.3) is 0 Å². The van der Waals surface area contributed by atoms with E-state index in [1.165, 1.54) is 12.1 Å². The van der Waals surface area contributed by atoms with E-state index in [9.17, 15) is 8.42 Å². The minimum absolute atomic E-state index is 0.0263. The highest BCUT2D eigenvalue weighted by Gasteiger charge is 2.05. The van der Waals surface area contributed by atoms with Crippen LogP contribution in [-0.4, -0.2) is 24.7 Å². The van der Waals surface area contributed by atoms with E-state index in [1.807, 2.05) is 0 Å². The molecule has 0 saturated carbocycles. The van der Waals surface area contributed by atoms with Crippen LogP contribution in [0.3, 0.4) is 0 Å². The molecule has 78 valence electrons. The number of aliphatic hydroxyl groups is 1. The summed E-state index contributed by atoms with van der Waals surface area (Å²) in [6.07, 6.45) is 0.492. The van der Waals surface area contributed by atoms with Gasteiger partial charge in [0.15, 0.2) is 0 Å². The highest BCUT2D eigenvalue weighted by molar-refractivity contribution is 7.81. The lowest BCUT2D eigenvalue weighted by Gasteiger charge is -2.02. The molecule has 0 atom stereocenters. The minimum Gasteiger partial charge on any atom is -0.396 e. The van der Waals surface area contributed by atoms with Crippen LogP contribution in [-0.2, 0) is 16.8 Å². The number of hydrogen-bond acceptors (Lipinski definition) is 4. The summed E-state index contributed by atoms with van der Waals surface area (Å²) in [5, 5.41) is 8.61. The molecule has 0 bridgehead atoms. The molecular formula is C8H10O5S. The SMILES string of the molecule is O=S(=O)(O)Oc1ccc(CCO)cc1. The molecule has 2 N–H and O–H groups in total. The van der Waals surface area contributed by atoms with Gasteiger partial charge in [-0.3, -0.25) is 4.55 Å². The standard InChI is InChI=1S/C8H10O5S/c9-6-5-7-1-3-8(4-2-7)13-14(10,11)12/h1-4,9H,5-6H2,(H,10,11,12). The van der Waals surface area contributed by atoms with Gasteiger partial charge in [-0.05, 0) is 24.1 Å². The largest absolute Gasteiger partial charge is 0.446 e. The maximum atomic E-state index is 10.3. The average molecular weight is 218 g/mol. The lowest BCUT2D eigenvalue weighted by atomic mass is 10.2. The Hall–Kier alpha value is -1.11. The molecule has 0 spiro atoms. The summed E-state index contributed by atoms with van der Waals surface area (Å²) in [6, 6.07) is 6.02. The molecule has 0 unspecified atom stereocenters. The third-order valence-electron chi connectivity index (χ3n) is 1.53. The second-order valence-electron chi connectivity index (χ2n) is 2.63. The molecule has 0 heterocycles. The van der Waals surface area contributed by atoms with Crippen LogP contribution >= 0.6 is 0 Å². The van der Waals surface area contributed by atoms with Crippen molar-refractivity contribution in [3.8, 4) is 5.75 Å². The highest BCUT2D eigenvalue weighted by atomic mass is 32.3. The predicted molar refractivity (Wildman–Crippen MR) is 49.4 cm³/mol. The van der Waals surface area contributed by atoms with Crippen LogP contribution in [0.15, 0.2) is 24.3 Å². The number of benzene rings is 1. The summed E-state index contributed by atoms with van der Waals surface area (Å²) in [6.45, 7) is 0.0263. The third kappa shape index (κ3) is 3.73. The fourth-order valence-corrected chi connectivity index (χ4v) is 1.32. The molecule has 0 fully saturated rings. The van der Waals surface area contributed by atoms with Gasteiger partial charge in [0.1, 0.15) is 5.75 Å². The molecule has 1 rings (SSSR count). The van der Waals surface area contributed by atoms with Gasteiger partial charge in [-0.2, -0.15) is 8.42 Å². The van der Waals surface area contributed by atoms with Gasteiger partial charge in [0.05, 0.1) is 0 Å². The van der Waals surface area contributed by atoms with Crippen molar-refractivity contribution < 1.29 is 22.3 Å². The fourth-order valence-electron chi connectivity index (χ4n) is 0.962. The second-order valence-corrected chi connectivity index (χ2v) is 3.65. The van der Waals surface area contributed by atoms with Gasteiger partial charge in [0.2, 0.25) is 0 Å². The van der Waals surface area contributed by atoms with Crippen molar-refractivity contribution in [1.82, 2.24) is 0 Å². The number of rotatable bonds is 4. The van der Waals surface area contributed by atoms with Gasteiger partial charge in [-0.25, -0.2) is 0 Å². The van der Waals surface area contributed by atoms with Crippen LogP contribution in [0, 0.1) is 0 Å². The van der Waals surface area contributed by atoms with Crippen molar-refractivity contribution in [3.05, 3.63) is 29.8 Å². The summed E-state index contributed by atoms with van der Waals surface area (Å²) in [7, 11) is -4.45. The zero-order valence-electron chi connectivity index (χ0n) is 7.25. The van der Waals surface area contributed by atoms with Crippen LogP contribution in [0.2, 0.25) is 0 Å². The Morgan fingerprint density at radius 2 is 1.79 bits per heavy atom. The lowest BCUT2D eigenvalue weighted by molar-refractivity contribution is 0.299. The molecule has 1 aromatic carbocycles. The number of aliphatic hydroxyl groups excluding tert-OH is 1. The molecule has 5 nitrogen and oxygen atoms in total. The Morgan fingerprint density at radius 3 is 2.21 bits per heavy atom. The molecule has 1 aromatic rings. The molecule has 6 heteroatoms. The summed E-state index contributed by atoms with van der Waals surface area (Å²) in [5.74, 6) is 0.0363. The Kier molecular flexibility index (Phi) is 3.45. The first kappa shape index (κ1) is 11.0. The van der Waals surface area contributed by atoms with E-state index in [2.05, 4.69) is 4.18 Å². The van der Waals surface area contributed by atoms with Crippen molar-refractivity contribution in [3.63, 3.8) is 0 Å². The Morgan fingerprint density at radius 1 is 1.21 bits per heavy atom. The van der Waals surface area contributed by atoms with E-state index in [0.29, 0.717) is 6.42 Å². The Bertz CT molecular complexity index is 381. The normalized spacial score (nSPS) is 11.3. The van der Waals surface area contributed by atoms with Gasteiger partial charge in [-0.15, -0.1) is 0 Å². The maximum Gasteiger partial charge on any atom is 0.446 e. The van der Waals surface area contributed by atoms with Crippen molar-refractivity contribution in [1.29, 1.82) is 0 Å². The lowest BCUT2D eigenvalue weighted by Crippen LogP contribution is -2.06. The smallest absolute Gasteiger partial charge is 0.396 e. The zero-order chi connectivity index (χ0) is 10.6. The maximum absolute atomic E-state index is 10.3. The van der Waals surface area contributed by atoms with Crippen molar-refractivity contribution in [2.45, 2.75) is 6.42 Å². The fraction of sp³-hybridized carbons (Fsp3) is 0.250. The molecule has 0 amide bonds. The zero-order valence-corrected chi connectivity index (χ0v) is 8.07. The summed E-state index contributed by atoms with van der Waals surface area (Å²) < 4.78 is 33.2. The second kappa shape index (κ2) is 4.41. The molecule has 0 saturated heterocycles. The molecule has 0 aliphatic heterocycles. The summed E-state index contributed by atoms with van der Waals surface area (Å²) in [4.78, 5) is 0. The molecule has 0 aromatic heterocycles. The number of hydrogen-bond donors (Lipinski definition) is 2. The summed E-state index contributed by atoms with van der Waals surface area (Å²) in [5.41, 5.74) is 0.857. The van der Waals surface area contributed by atoms with Gasteiger partial charge >= 0.3 is 10.4 Å². The van der Waals surface area contributed by atoms with Gasteiger partial charge in [0.25, 0.3) is 0 Å². The first-order valence-corrected chi connectivity index (χ1v) is 5.24. The van der Waals surface area contributed by atoms with Crippen molar-refractivity contribution in [2.24, 2.45) is 0 Å². The topological polar surface area (TPSA) is 83.8 Å². The van der Waals surface area contributed by atoms with E-state index >= 15 is 0 Å². The predicted octanol–water partition coefficient (Wildman–Crippen LogP) is 0.403. The minimum atomic E-state index is -4.45. The van der Waals surface area contributed by atoms with Gasteiger partial charge < -0.3 is 9.29 Å². The average Bonchev–Trinajstić information content (AvgIpc) is 2.06. The van der Waals surface area contributed by atoms with Crippen LogP contribution < -0.4 is 4.18 Å². The third-order valence-corrected chi connectivity index (χ3v) is 1.93. The van der Waals surface area contributed by atoms with Crippen molar-refractivity contribution in [2.75, 3.05) is 6.61 Å². The molecule has 0 radical (unpaired) electrons. The van der Waals surface area contributed by atoms with Crippen LogP contribution in [0.4, 0.5) is 0 Å². The van der Waals surface area contributed by atoms with Crippen molar-refractivity contribution >= 4 is 10.4 Å². The first-order valence-electron chi connectivity index (χ1n) is 3.88. The Labute approximate surface area is 81.9 Å². The van der Waals surface area contributed by atoms with Gasteiger partial charge in [0, 0.05) is 6.61 Å². The van der Waals surface area contributed by atoms with E-state index in [0.717, 1.165) is 5.56 Å². The quantitative estimate of drug-likeness (QED) is 0.715. The van der Waals surface area contributed by atoms with Crippen LogP contribution in [0.1, 0.15) is 5.56 Å². The van der Waals surface area contributed by atoms with Crippen LogP contribution in [0.5, 0.6) is 5.75 Å². The van der Waals surface area contributed by atoms with E-state index in [1.54, 1.807) is 12.1 Å². The van der Waals surface area contributed by atoms with Gasteiger partial charge in [-0.1, -0.05) is 12.1 Å². The molecular weight excluding hydrogens is 208 g/mol. The Balaban J connectivity index is 2.74. The first-order chi connectivity index (χ1) is 6.51.